The van der Waals surface area contributed by atoms with Gasteiger partial charge in [0.25, 0.3) is 5.91 Å². The van der Waals surface area contributed by atoms with Crippen LogP contribution in [0.15, 0.2) is 45.8 Å². The van der Waals surface area contributed by atoms with Gasteiger partial charge in [-0.15, -0.1) is 0 Å². The zero-order valence-corrected chi connectivity index (χ0v) is 17.6. The first-order chi connectivity index (χ1) is 15.1. The quantitative estimate of drug-likeness (QED) is 0.703. The fourth-order valence-electron chi connectivity index (χ4n) is 4.04. The number of hydrogen-bond acceptors (Lipinski definition) is 6. The van der Waals surface area contributed by atoms with Crippen molar-refractivity contribution in [2.75, 3.05) is 50.8 Å². The number of carbonyl (C=O) groups excluding carboxylic acids is 1. The van der Waals surface area contributed by atoms with Crippen molar-refractivity contribution in [1.82, 2.24) is 9.80 Å². The molecule has 3 heterocycles. The van der Waals surface area contributed by atoms with Gasteiger partial charge in [0, 0.05) is 51.0 Å². The Balaban J connectivity index is 1.26. The average molecular weight is 429 g/mol. The number of anilines is 1. The van der Waals surface area contributed by atoms with Gasteiger partial charge in [-0.3, -0.25) is 14.5 Å². The molecule has 31 heavy (non-hydrogen) atoms. The van der Waals surface area contributed by atoms with E-state index >= 15 is 0 Å². The summed E-state index contributed by atoms with van der Waals surface area (Å²) in [7, 11) is 0. The molecule has 0 N–H and O–H groups in total. The van der Waals surface area contributed by atoms with Gasteiger partial charge in [0.05, 0.1) is 6.54 Å². The van der Waals surface area contributed by atoms with E-state index in [0.717, 1.165) is 64.2 Å². The molecule has 1 amide bonds. The predicted octanol–water partition coefficient (Wildman–Crippen LogP) is 2.49. The van der Waals surface area contributed by atoms with Crippen molar-refractivity contribution in [2.24, 2.45) is 0 Å². The fourth-order valence-corrected chi connectivity index (χ4v) is 4.04. The third-order valence-corrected chi connectivity index (χ3v) is 5.86. The molecule has 0 unspecified atom stereocenters. The lowest BCUT2D eigenvalue weighted by Crippen LogP contribution is -2.46. The Hall–Kier alpha value is -2.87. The van der Waals surface area contributed by atoms with E-state index in [1.54, 1.807) is 17.0 Å². The first-order valence-corrected chi connectivity index (χ1v) is 10.8. The molecule has 0 atom stereocenters. The third-order valence-electron chi connectivity index (χ3n) is 5.86. The number of likely N-dealkylation sites (tertiary alicyclic amines) is 1. The normalized spacial score (nSPS) is 17.6. The van der Waals surface area contributed by atoms with Crippen LogP contribution in [0.1, 0.15) is 25.0 Å². The first-order valence-electron chi connectivity index (χ1n) is 10.8. The second kappa shape index (κ2) is 9.96. The Labute approximate surface area is 181 Å². The van der Waals surface area contributed by atoms with E-state index < -0.39 is 0 Å². The number of halogens is 1. The van der Waals surface area contributed by atoms with Crippen LogP contribution >= 0.6 is 0 Å². The highest BCUT2D eigenvalue weighted by Crippen LogP contribution is 2.18. The van der Waals surface area contributed by atoms with Gasteiger partial charge in [-0.2, -0.15) is 0 Å². The lowest BCUT2D eigenvalue weighted by Gasteiger charge is -2.35. The number of ether oxygens (including phenoxy) is 1. The van der Waals surface area contributed by atoms with Crippen LogP contribution in [0, 0.1) is 5.82 Å². The van der Waals surface area contributed by atoms with E-state index in [4.69, 9.17) is 9.15 Å². The van der Waals surface area contributed by atoms with E-state index in [1.807, 2.05) is 0 Å². The lowest BCUT2D eigenvalue weighted by atomic mass is 10.1. The van der Waals surface area contributed by atoms with E-state index in [0.29, 0.717) is 12.3 Å². The number of benzene rings is 1. The second-order valence-electron chi connectivity index (χ2n) is 8.04. The average Bonchev–Trinajstić information content (AvgIpc) is 2.80. The molecule has 2 saturated heterocycles. The molecule has 2 fully saturated rings. The maximum absolute atomic E-state index is 13.1. The van der Waals surface area contributed by atoms with Crippen molar-refractivity contribution >= 4 is 11.6 Å². The second-order valence-corrected chi connectivity index (χ2v) is 8.04. The highest BCUT2D eigenvalue weighted by Gasteiger charge is 2.20. The molecule has 0 bridgehead atoms. The summed E-state index contributed by atoms with van der Waals surface area (Å²) in [5, 5.41) is 0. The summed E-state index contributed by atoms with van der Waals surface area (Å²) >= 11 is 0. The summed E-state index contributed by atoms with van der Waals surface area (Å²) < 4.78 is 24.1. The van der Waals surface area contributed by atoms with Crippen molar-refractivity contribution in [1.29, 1.82) is 0 Å². The molecule has 0 spiro atoms. The van der Waals surface area contributed by atoms with E-state index in [2.05, 4.69) is 9.80 Å². The van der Waals surface area contributed by atoms with Crippen molar-refractivity contribution in [3.05, 3.63) is 58.4 Å². The highest BCUT2D eigenvalue weighted by atomic mass is 19.1. The minimum absolute atomic E-state index is 0.0650. The standard InChI is InChI=1S/C23H28FN3O4/c24-18-4-6-19(7-5-18)26-12-10-25(11-13-26)15-20-14-21(28)22(16-30-20)31-17-23(29)27-8-2-1-3-9-27/h4-7,14,16H,1-3,8-13,15,17H2. The molecular weight excluding hydrogens is 401 g/mol. The van der Waals surface area contributed by atoms with Gasteiger partial charge in [-0.1, -0.05) is 0 Å². The number of amides is 1. The largest absolute Gasteiger partial charge is 0.477 e. The molecule has 2 aliphatic heterocycles. The van der Waals surface area contributed by atoms with Crippen molar-refractivity contribution in [3.63, 3.8) is 0 Å². The van der Waals surface area contributed by atoms with Gasteiger partial charge in [-0.25, -0.2) is 4.39 Å². The zero-order valence-electron chi connectivity index (χ0n) is 17.6. The van der Waals surface area contributed by atoms with Crippen LogP contribution in [0.25, 0.3) is 0 Å². The van der Waals surface area contributed by atoms with Crippen molar-refractivity contribution in [2.45, 2.75) is 25.8 Å². The van der Waals surface area contributed by atoms with Crippen LogP contribution in [-0.4, -0.2) is 61.6 Å². The van der Waals surface area contributed by atoms with E-state index in [9.17, 15) is 14.0 Å². The Morgan fingerprint density at radius 1 is 1.00 bits per heavy atom. The Kier molecular flexibility index (Phi) is 6.86. The maximum Gasteiger partial charge on any atom is 0.260 e. The Bertz CT molecular complexity index is 933. The summed E-state index contributed by atoms with van der Waals surface area (Å²) in [6.45, 7) is 5.14. The summed E-state index contributed by atoms with van der Waals surface area (Å²) in [5.74, 6) is 0.299. The van der Waals surface area contributed by atoms with Gasteiger partial charge < -0.3 is 19.0 Å². The van der Waals surface area contributed by atoms with E-state index in [1.165, 1.54) is 24.5 Å². The molecule has 166 valence electrons. The predicted molar refractivity (Wildman–Crippen MR) is 115 cm³/mol. The topological polar surface area (TPSA) is 66.2 Å². The van der Waals surface area contributed by atoms with Gasteiger partial charge in [-0.05, 0) is 43.5 Å². The number of rotatable bonds is 6. The van der Waals surface area contributed by atoms with Crippen LogP contribution in [0.5, 0.6) is 5.75 Å². The number of piperazine rings is 1. The fraction of sp³-hybridized carbons (Fsp3) is 0.478. The Morgan fingerprint density at radius 3 is 2.39 bits per heavy atom. The summed E-state index contributed by atoms with van der Waals surface area (Å²) in [6, 6.07) is 7.96. The summed E-state index contributed by atoms with van der Waals surface area (Å²) in [4.78, 5) is 30.8. The molecule has 4 rings (SSSR count). The smallest absolute Gasteiger partial charge is 0.260 e. The molecule has 1 aromatic heterocycles. The van der Waals surface area contributed by atoms with Crippen LogP contribution in [-0.2, 0) is 11.3 Å². The lowest BCUT2D eigenvalue weighted by molar-refractivity contribution is -0.134. The van der Waals surface area contributed by atoms with Crippen LogP contribution in [0.4, 0.5) is 10.1 Å². The third kappa shape index (κ3) is 5.64. The molecular formula is C23H28FN3O4. The van der Waals surface area contributed by atoms with Crippen molar-refractivity contribution in [3.8, 4) is 5.75 Å². The maximum atomic E-state index is 13.1. The van der Waals surface area contributed by atoms with Gasteiger partial charge in [0.1, 0.15) is 17.8 Å². The number of piperidine rings is 1. The van der Waals surface area contributed by atoms with Gasteiger partial charge in [0.2, 0.25) is 11.2 Å². The van der Waals surface area contributed by atoms with Crippen LogP contribution in [0.3, 0.4) is 0 Å². The van der Waals surface area contributed by atoms with Gasteiger partial charge >= 0.3 is 0 Å². The molecule has 7 nitrogen and oxygen atoms in total. The van der Waals surface area contributed by atoms with E-state index in [-0.39, 0.29) is 29.5 Å². The van der Waals surface area contributed by atoms with Crippen LogP contribution in [0.2, 0.25) is 0 Å². The molecule has 0 radical (unpaired) electrons. The Morgan fingerprint density at radius 2 is 1.71 bits per heavy atom. The molecule has 1 aromatic carbocycles. The number of carbonyl (C=O) groups is 1. The molecule has 0 saturated carbocycles. The SMILES string of the molecule is O=C(COc1coc(CN2CCN(c3ccc(F)cc3)CC2)cc1=O)N1CCCCC1. The van der Waals surface area contributed by atoms with Crippen LogP contribution < -0.4 is 15.1 Å². The number of nitrogens with zero attached hydrogens (tertiary/aromatic N) is 3. The minimum Gasteiger partial charge on any atom is -0.477 e. The monoisotopic (exact) mass is 429 g/mol. The summed E-state index contributed by atoms with van der Waals surface area (Å²) in [5.41, 5.74) is 0.728. The zero-order chi connectivity index (χ0) is 21.6. The van der Waals surface area contributed by atoms with Gasteiger partial charge in [0.15, 0.2) is 6.61 Å². The molecule has 0 aliphatic carbocycles. The highest BCUT2D eigenvalue weighted by molar-refractivity contribution is 5.77. The molecule has 2 aromatic rings. The first kappa shape index (κ1) is 21.4. The molecule has 2 aliphatic rings. The minimum atomic E-state index is -0.280. The summed E-state index contributed by atoms with van der Waals surface area (Å²) in [6.07, 6.45) is 4.48. The van der Waals surface area contributed by atoms with Crippen molar-refractivity contribution < 1.29 is 18.3 Å². The molecule has 8 heteroatoms. The number of hydrogen-bond donors (Lipinski definition) is 0.